The highest BCUT2D eigenvalue weighted by molar-refractivity contribution is 9.10. The van der Waals surface area contributed by atoms with Crippen LogP contribution in [0.1, 0.15) is 0 Å². The highest BCUT2D eigenvalue weighted by atomic mass is 79.9. The molecule has 2 aromatic carbocycles. The number of nitrogen functional groups attached to an aromatic ring is 1. The van der Waals surface area contributed by atoms with Gasteiger partial charge in [-0.1, -0.05) is 11.8 Å². The Morgan fingerprint density at radius 2 is 1.80 bits per heavy atom. The van der Waals surface area contributed by atoms with Gasteiger partial charge in [-0.15, -0.1) is 0 Å². The van der Waals surface area contributed by atoms with E-state index in [9.17, 15) is 12.8 Å². The molecule has 0 heterocycles. The predicted molar refractivity (Wildman–Crippen MR) is 82.2 cm³/mol. The van der Waals surface area contributed by atoms with Crippen molar-refractivity contribution in [3.05, 3.63) is 46.7 Å². The van der Waals surface area contributed by atoms with E-state index >= 15 is 0 Å². The van der Waals surface area contributed by atoms with Gasteiger partial charge >= 0.3 is 0 Å². The summed E-state index contributed by atoms with van der Waals surface area (Å²) in [6.45, 7) is 0. The summed E-state index contributed by atoms with van der Waals surface area (Å²) in [7, 11) is -3.21. The van der Waals surface area contributed by atoms with E-state index in [0.29, 0.717) is 15.1 Å². The van der Waals surface area contributed by atoms with Gasteiger partial charge in [-0.2, -0.15) is 0 Å². The fourth-order valence-corrected chi connectivity index (χ4v) is 3.37. The van der Waals surface area contributed by atoms with Crippen LogP contribution in [-0.4, -0.2) is 14.7 Å². The molecule has 2 aromatic rings. The van der Waals surface area contributed by atoms with Crippen LogP contribution in [0.5, 0.6) is 0 Å². The van der Waals surface area contributed by atoms with Crippen molar-refractivity contribution in [2.24, 2.45) is 0 Å². The van der Waals surface area contributed by atoms with E-state index in [4.69, 9.17) is 5.73 Å². The SMILES string of the molecule is CS(=O)(=O)c1ccc(Sc2cc(F)c(Br)cc2N)cc1. The minimum absolute atomic E-state index is 0.247. The maximum Gasteiger partial charge on any atom is 0.175 e. The summed E-state index contributed by atoms with van der Waals surface area (Å²) in [6, 6.07) is 9.21. The molecular formula is C13H11BrFNO2S2. The summed E-state index contributed by atoms with van der Waals surface area (Å²) in [5.41, 5.74) is 6.28. The molecule has 2 N–H and O–H groups in total. The van der Waals surface area contributed by atoms with Crippen molar-refractivity contribution < 1.29 is 12.8 Å². The van der Waals surface area contributed by atoms with Crippen LogP contribution in [0.15, 0.2) is 55.6 Å². The molecule has 20 heavy (non-hydrogen) atoms. The molecule has 0 aliphatic heterocycles. The highest BCUT2D eigenvalue weighted by Crippen LogP contribution is 2.35. The molecule has 0 fully saturated rings. The normalized spacial score (nSPS) is 11.6. The van der Waals surface area contributed by atoms with Gasteiger partial charge in [-0.05, 0) is 52.3 Å². The second kappa shape index (κ2) is 5.75. The van der Waals surface area contributed by atoms with E-state index < -0.39 is 15.7 Å². The number of halogens is 2. The first-order valence-electron chi connectivity index (χ1n) is 5.50. The van der Waals surface area contributed by atoms with E-state index in [2.05, 4.69) is 15.9 Å². The van der Waals surface area contributed by atoms with Crippen LogP contribution in [0.2, 0.25) is 0 Å². The standard InChI is InChI=1S/C13H11BrFNO2S2/c1-20(17,18)9-4-2-8(3-5-9)19-13-7-11(15)10(14)6-12(13)16/h2-7H,16H2,1H3. The number of hydrogen-bond acceptors (Lipinski definition) is 4. The second-order valence-corrected chi connectivity index (χ2v) is 8.14. The van der Waals surface area contributed by atoms with Gasteiger partial charge in [-0.3, -0.25) is 0 Å². The van der Waals surface area contributed by atoms with Crippen molar-refractivity contribution in [3.8, 4) is 0 Å². The molecule has 2 rings (SSSR count). The zero-order valence-electron chi connectivity index (χ0n) is 10.4. The monoisotopic (exact) mass is 375 g/mol. The average molecular weight is 376 g/mol. The number of benzene rings is 2. The molecule has 0 aromatic heterocycles. The lowest BCUT2D eigenvalue weighted by Gasteiger charge is -2.07. The molecule has 0 atom stereocenters. The third-order valence-electron chi connectivity index (χ3n) is 2.53. The molecule has 3 nitrogen and oxygen atoms in total. The van der Waals surface area contributed by atoms with Crippen molar-refractivity contribution >= 4 is 43.2 Å². The zero-order chi connectivity index (χ0) is 14.9. The highest BCUT2D eigenvalue weighted by Gasteiger charge is 2.09. The zero-order valence-corrected chi connectivity index (χ0v) is 13.6. The van der Waals surface area contributed by atoms with Gasteiger partial charge in [0.15, 0.2) is 9.84 Å². The Morgan fingerprint density at radius 1 is 1.20 bits per heavy atom. The maximum absolute atomic E-state index is 13.5. The van der Waals surface area contributed by atoms with Gasteiger partial charge in [0.1, 0.15) is 5.82 Å². The van der Waals surface area contributed by atoms with E-state index in [1.807, 2.05) is 0 Å². The van der Waals surface area contributed by atoms with E-state index in [1.165, 1.54) is 36.0 Å². The molecule has 0 aliphatic rings. The van der Waals surface area contributed by atoms with Gasteiger partial charge < -0.3 is 5.73 Å². The third kappa shape index (κ3) is 3.53. The summed E-state index contributed by atoms with van der Waals surface area (Å²) in [4.78, 5) is 1.61. The van der Waals surface area contributed by atoms with Gasteiger partial charge in [0.25, 0.3) is 0 Å². The molecule has 0 saturated heterocycles. The van der Waals surface area contributed by atoms with Crippen LogP contribution >= 0.6 is 27.7 Å². The van der Waals surface area contributed by atoms with Crippen molar-refractivity contribution in [2.75, 3.05) is 12.0 Å². The topological polar surface area (TPSA) is 60.2 Å². The number of rotatable bonds is 3. The Morgan fingerprint density at radius 3 is 2.35 bits per heavy atom. The maximum atomic E-state index is 13.5. The van der Waals surface area contributed by atoms with Crippen LogP contribution in [0.4, 0.5) is 10.1 Å². The molecule has 106 valence electrons. The first-order valence-corrected chi connectivity index (χ1v) is 9.00. The van der Waals surface area contributed by atoms with Gasteiger partial charge in [0, 0.05) is 21.7 Å². The molecule has 0 aliphatic carbocycles. The molecule has 0 unspecified atom stereocenters. The Balaban J connectivity index is 2.29. The summed E-state index contributed by atoms with van der Waals surface area (Å²) in [5.74, 6) is -0.394. The number of nitrogens with two attached hydrogens (primary N) is 1. The summed E-state index contributed by atoms with van der Waals surface area (Å²) < 4.78 is 36.5. The molecule has 0 amide bonds. The Hall–Kier alpha value is -1.05. The predicted octanol–water partition coefficient (Wildman–Crippen LogP) is 3.73. The lowest BCUT2D eigenvalue weighted by molar-refractivity contribution is 0.602. The van der Waals surface area contributed by atoms with Crippen molar-refractivity contribution in [1.82, 2.24) is 0 Å². The Labute approximate surface area is 129 Å². The summed E-state index contributed by atoms with van der Waals surface area (Å²) >= 11 is 4.34. The summed E-state index contributed by atoms with van der Waals surface area (Å²) in [6.07, 6.45) is 1.15. The second-order valence-electron chi connectivity index (χ2n) is 4.15. The van der Waals surface area contributed by atoms with Crippen LogP contribution in [0.3, 0.4) is 0 Å². The quantitative estimate of drug-likeness (QED) is 0.830. The van der Waals surface area contributed by atoms with Gasteiger partial charge in [-0.25, -0.2) is 12.8 Å². The molecule has 0 radical (unpaired) electrons. The van der Waals surface area contributed by atoms with Gasteiger partial charge in [0.05, 0.1) is 9.37 Å². The smallest absolute Gasteiger partial charge is 0.175 e. The lowest BCUT2D eigenvalue weighted by Crippen LogP contribution is -1.96. The Bertz CT molecular complexity index is 746. The van der Waals surface area contributed by atoms with E-state index in [1.54, 1.807) is 12.1 Å². The molecule has 0 spiro atoms. The first kappa shape index (κ1) is 15.3. The van der Waals surface area contributed by atoms with E-state index in [-0.39, 0.29) is 4.90 Å². The molecular weight excluding hydrogens is 365 g/mol. The largest absolute Gasteiger partial charge is 0.398 e. The summed E-state index contributed by atoms with van der Waals surface area (Å²) in [5, 5.41) is 0. The molecule has 0 saturated carbocycles. The fraction of sp³-hybridized carbons (Fsp3) is 0.0769. The minimum Gasteiger partial charge on any atom is -0.398 e. The van der Waals surface area contributed by atoms with Crippen molar-refractivity contribution in [3.63, 3.8) is 0 Å². The fourth-order valence-electron chi connectivity index (χ4n) is 1.51. The van der Waals surface area contributed by atoms with Crippen LogP contribution in [0, 0.1) is 5.82 Å². The van der Waals surface area contributed by atoms with Crippen molar-refractivity contribution in [2.45, 2.75) is 14.7 Å². The van der Waals surface area contributed by atoms with E-state index in [0.717, 1.165) is 11.2 Å². The van der Waals surface area contributed by atoms with Crippen LogP contribution in [-0.2, 0) is 9.84 Å². The number of anilines is 1. The molecule has 0 bridgehead atoms. The minimum atomic E-state index is -3.21. The number of hydrogen-bond donors (Lipinski definition) is 1. The first-order chi connectivity index (χ1) is 9.27. The van der Waals surface area contributed by atoms with Gasteiger partial charge in [0.2, 0.25) is 0 Å². The average Bonchev–Trinajstić information content (AvgIpc) is 2.35. The van der Waals surface area contributed by atoms with Crippen LogP contribution < -0.4 is 5.73 Å². The lowest BCUT2D eigenvalue weighted by atomic mass is 10.3. The van der Waals surface area contributed by atoms with Crippen LogP contribution in [0.25, 0.3) is 0 Å². The number of sulfone groups is 1. The molecule has 7 heteroatoms. The third-order valence-corrected chi connectivity index (χ3v) is 5.35. The Kier molecular flexibility index (Phi) is 4.41. The van der Waals surface area contributed by atoms with Crippen molar-refractivity contribution in [1.29, 1.82) is 0 Å².